The van der Waals surface area contributed by atoms with Gasteiger partial charge in [-0.05, 0) is 25.9 Å². The third kappa shape index (κ3) is 3.12. The Balaban J connectivity index is 2.57. The third-order valence-electron chi connectivity index (χ3n) is 2.98. The largest absolute Gasteiger partial charge is 0.340 e. The van der Waals surface area contributed by atoms with Gasteiger partial charge in [0.2, 0.25) is 5.91 Å². The van der Waals surface area contributed by atoms with Gasteiger partial charge in [0.15, 0.2) is 0 Å². The predicted octanol–water partition coefficient (Wildman–Crippen LogP) is 1.10. The lowest BCUT2D eigenvalue weighted by molar-refractivity contribution is -0.143. The second-order valence-electron chi connectivity index (χ2n) is 4.39. The molecule has 0 aromatic carbocycles. The molecule has 5 heteroatoms. The average Bonchev–Trinajstić information content (AvgIpc) is 2.16. The summed E-state index contributed by atoms with van der Waals surface area (Å²) in [6.45, 7) is 2.95. The maximum Gasteiger partial charge on any atom is 0.255 e. The van der Waals surface area contributed by atoms with E-state index in [9.17, 15) is 13.6 Å². The van der Waals surface area contributed by atoms with Gasteiger partial charge in [0.1, 0.15) is 0 Å². The molecule has 1 aliphatic heterocycles. The molecule has 1 aliphatic rings. The van der Waals surface area contributed by atoms with Crippen molar-refractivity contribution >= 4 is 5.91 Å². The molecule has 1 fully saturated rings. The minimum Gasteiger partial charge on any atom is -0.340 e. The molecular weight excluding hydrogens is 202 g/mol. The van der Waals surface area contributed by atoms with Crippen LogP contribution in [0.2, 0.25) is 0 Å². The van der Waals surface area contributed by atoms with E-state index in [1.54, 1.807) is 0 Å². The van der Waals surface area contributed by atoms with E-state index in [-0.39, 0.29) is 5.91 Å². The standard InChI is InChI=1S/C10H18F2N2O/c1-10(3-5-13-6-4-10)9(15)14(2)7-8(11)12/h8,13H,3-7H2,1-2H3. The molecular formula is C10H18F2N2O. The van der Waals surface area contributed by atoms with Crippen molar-refractivity contribution in [3.63, 3.8) is 0 Å². The van der Waals surface area contributed by atoms with Crippen LogP contribution in [-0.2, 0) is 4.79 Å². The van der Waals surface area contributed by atoms with Crippen molar-refractivity contribution in [3.05, 3.63) is 0 Å². The Morgan fingerprint density at radius 1 is 1.47 bits per heavy atom. The third-order valence-corrected chi connectivity index (χ3v) is 2.98. The normalized spacial score (nSPS) is 20.3. The molecule has 15 heavy (non-hydrogen) atoms. The zero-order valence-corrected chi connectivity index (χ0v) is 9.22. The SMILES string of the molecule is CN(CC(F)F)C(=O)C1(C)CCNCC1. The maximum absolute atomic E-state index is 12.1. The molecule has 1 amide bonds. The first-order chi connectivity index (χ1) is 6.96. The summed E-state index contributed by atoms with van der Waals surface area (Å²) in [4.78, 5) is 13.1. The van der Waals surface area contributed by atoms with Crippen LogP contribution in [0.3, 0.4) is 0 Å². The molecule has 0 aromatic rings. The fourth-order valence-electron chi connectivity index (χ4n) is 1.94. The number of carbonyl (C=O) groups excluding carboxylic acids is 1. The van der Waals surface area contributed by atoms with Crippen LogP contribution in [0.25, 0.3) is 0 Å². The predicted molar refractivity (Wildman–Crippen MR) is 53.9 cm³/mol. The van der Waals surface area contributed by atoms with E-state index in [1.165, 1.54) is 7.05 Å². The number of alkyl halides is 2. The van der Waals surface area contributed by atoms with E-state index in [0.717, 1.165) is 30.8 Å². The van der Waals surface area contributed by atoms with E-state index in [4.69, 9.17) is 0 Å². The van der Waals surface area contributed by atoms with Gasteiger partial charge in [0.25, 0.3) is 6.43 Å². The van der Waals surface area contributed by atoms with Crippen LogP contribution < -0.4 is 5.32 Å². The van der Waals surface area contributed by atoms with Crippen molar-refractivity contribution in [2.45, 2.75) is 26.2 Å². The van der Waals surface area contributed by atoms with Gasteiger partial charge in [-0.2, -0.15) is 0 Å². The molecule has 0 unspecified atom stereocenters. The van der Waals surface area contributed by atoms with Crippen molar-refractivity contribution in [2.24, 2.45) is 5.41 Å². The van der Waals surface area contributed by atoms with Crippen LogP contribution in [0.4, 0.5) is 8.78 Å². The molecule has 3 nitrogen and oxygen atoms in total. The van der Waals surface area contributed by atoms with E-state index in [1.807, 2.05) is 6.92 Å². The Bertz CT molecular complexity index is 227. The minimum absolute atomic E-state index is 0.163. The number of nitrogens with zero attached hydrogens (tertiary/aromatic N) is 1. The highest BCUT2D eigenvalue weighted by molar-refractivity contribution is 5.82. The number of carbonyl (C=O) groups is 1. The summed E-state index contributed by atoms with van der Waals surface area (Å²) < 4.78 is 24.3. The van der Waals surface area contributed by atoms with Crippen LogP contribution in [-0.4, -0.2) is 43.9 Å². The van der Waals surface area contributed by atoms with Crippen LogP contribution >= 0.6 is 0 Å². The summed E-state index contributed by atoms with van der Waals surface area (Å²) in [6.07, 6.45) is -1.01. The van der Waals surface area contributed by atoms with Crippen molar-refractivity contribution in [2.75, 3.05) is 26.7 Å². The lowest BCUT2D eigenvalue weighted by Gasteiger charge is -2.35. The average molecular weight is 220 g/mol. The van der Waals surface area contributed by atoms with Crippen LogP contribution in [0.5, 0.6) is 0 Å². The lowest BCUT2D eigenvalue weighted by Crippen LogP contribution is -2.47. The van der Waals surface area contributed by atoms with Crippen molar-refractivity contribution in [3.8, 4) is 0 Å². The zero-order chi connectivity index (χ0) is 11.5. The molecule has 1 rings (SSSR count). The summed E-state index contributed by atoms with van der Waals surface area (Å²) >= 11 is 0. The highest BCUT2D eigenvalue weighted by atomic mass is 19.3. The van der Waals surface area contributed by atoms with Crippen molar-refractivity contribution in [1.29, 1.82) is 0 Å². The van der Waals surface area contributed by atoms with E-state index in [0.29, 0.717) is 0 Å². The maximum atomic E-state index is 12.1. The van der Waals surface area contributed by atoms with E-state index in [2.05, 4.69) is 5.32 Å². The number of halogens is 2. The molecule has 0 spiro atoms. The Kier molecular flexibility index (Phi) is 4.02. The Morgan fingerprint density at radius 2 is 2.00 bits per heavy atom. The Labute approximate surface area is 88.8 Å². The lowest BCUT2D eigenvalue weighted by atomic mass is 9.80. The summed E-state index contributed by atoms with van der Waals surface area (Å²) in [5, 5.41) is 3.16. The van der Waals surface area contributed by atoms with Crippen LogP contribution in [0.1, 0.15) is 19.8 Å². The van der Waals surface area contributed by atoms with Crippen molar-refractivity contribution in [1.82, 2.24) is 10.2 Å². The zero-order valence-electron chi connectivity index (χ0n) is 9.22. The quantitative estimate of drug-likeness (QED) is 0.772. The molecule has 88 valence electrons. The summed E-state index contributed by atoms with van der Waals surface area (Å²) in [6, 6.07) is 0. The van der Waals surface area contributed by atoms with Gasteiger partial charge < -0.3 is 10.2 Å². The summed E-state index contributed by atoms with van der Waals surface area (Å²) in [7, 11) is 1.45. The topological polar surface area (TPSA) is 32.3 Å². The van der Waals surface area contributed by atoms with Crippen LogP contribution in [0.15, 0.2) is 0 Å². The first-order valence-electron chi connectivity index (χ1n) is 5.20. The molecule has 0 atom stereocenters. The van der Waals surface area contributed by atoms with Crippen LogP contribution in [0, 0.1) is 5.41 Å². The number of hydrogen-bond acceptors (Lipinski definition) is 2. The fraction of sp³-hybridized carbons (Fsp3) is 0.900. The first kappa shape index (κ1) is 12.4. The van der Waals surface area contributed by atoms with E-state index >= 15 is 0 Å². The number of hydrogen-bond donors (Lipinski definition) is 1. The highest BCUT2D eigenvalue weighted by Crippen LogP contribution is 2.30. The number of nitrogens with one attached hydrogen (secondary N) is 1. The Hall–Kier alpha value is -0.710. The molecule has 0 aromatic heterocycles. The highest BCUT2D eigenvalue weighted by Gasteiger charge is 2.36. The monoisotopic (exact) mass is 220 g/mol. The molecule has 0 aliphatic carbocycles. The number of piperidine rings is 1. The van der Waals surface area contributed by atoms with Gasteiger partial charge in [-0.3, -0.25) is 4.79 Å². The molecule has 1 saturated heterocycles. The number of amides is 1. The van der Waals surface area contributed by atoms with Gasteiger partial charge in [-0.1, -0.05) is 6.92 Å². The second kappa shape index (κ2) is 4.88. The number of rotatable bonds is 3. The van der Waals surface area contributed by atoms with Crippen molar-refractivity contribution < 1.29 is 13.6 Å². The summed E-state index contributed by atoms with van der Waals surface area (Å²) in [5.41, 5.74) is -0.463. The molecule has 0 saturated carbocycles. The van der Waals surface area contributed by atoms with Gasteiger partial charge in [-0.25, -0.2) is 8.78 Å². The minimum atomic E-state index is -2.45. The molecule has 1 heterocycles. The van der Waals surface area contributed by atoms with Gasteiger partial charge in [-0.15, -0.1) is 0 Å². The second-order valence-corrected chi connectivity index (χ2v) is 4.39. The fourth-order valence-corrected chi connectivity index (χ4v) is 1.94. The molecule has 0 radical (unpaired) electrons. The summed E-state index contributed by atoms with van der Waals surface area (Å²) in [5.74, 6) is -0.163. The van der Waals surface area contributed by atoms with Gasteiger partial charge in [0, 0.05) is 12.5 Å². The Morgan fingerprint density at radius 3 is 2.47 bits per heavy atom. The van der Waals surface area contributed by atoms with Gasteiger partial charge in [0.05, 0.1) is 6.54 Å². The van der Waals surface area contributed by atoms with E-state index < -0.39 is 18.4 Å². The smallest absolute Gasteiger partial charge is 0.255 e. The molecule has 0 bridgehead atoms. The first-order valence-corrected chi connectivity index (χ1v) is 5.20. The molecule has 1 N–H and O–H groups in total. The van der Waals surface area contributed by atoms with Gasteiger partial charge >= 0.3 is 0 Å².